The Morgan fingerprint density at radius 2 is 2.12 bits per heavy atom. The van der Waals surface area contributed by atoms with Crippen molar-refractivity contribution in [1.82, 2.24) is 15.5 Å². The predicted octanol–water partition coefficient (Wildman–Crippen LogP) is -0.114. The van der Waals surface area contributed by atoms with Crippen LogP contribution in [0.15, 0.2) is 18.2 Å². The van der Waals surface area contributed by atoms with Crippen LogP contribution < -0.4 is 16.4 Å². The van der Waals surface area contributed by atoms with E-state index in [1.807, 2.05) is 18.2 Å². The first kappa shape index (κ1) is 16.6. The van der Waals surface area contributed by atoms with Gasteiger partial charge in [-0.2, -0.15) is 0 Å². The molecule has 0 spiro atoms. The van der Waals surface area contributed by atoms with Gasteiger partial charge in [0.2, 0.25) is 11.8 Å². The molecule has 0 aliphatic carbocycles. The average molecular weight is 330 g/mol. The summed E-state index contributed by atoms with van der Waals surface area (Å²) in [5.74, 6) is -0.782. The molecule has 0 saturated carbocycles. The van der Waals surface area contributed by atoms with Gasteiger partial charge in [-0.25, -0.2) is 0 Å². The molecule has 0 radical (unpaired) electrons. The molecule has 1 unspecified atom stereocenters. The van der Waals surface area contributed by atoms with Crippen LogP contribution in [0.2, 0.25) is 0 Å². The third-order valence-electron chi connectivity index (χ3n) is 4.51. The molecule has 2 heterocycles. The molecule has 7 heteroatoms. The van der Waals surface area contributed by atoms with Crippen molar-refractivity contribution >= 4 is 17.7 Å². The zero-order valence-corrected chi connectivity index (χ0v) is 13.5. The molecule has 3 rings (SSSR count). The van der Waals surface area contributed by atoms with Crippen LogP contribution in [-0.2, 0) is 22.7 Å². The molecule has 1 fully saturated rings. The minimum atomic E-state index is -0.569. The number of benzene rings is 1. The van der Waals surface area contributed by atoms with Gasteiger partial charge in [-0.3, -0.25) is 19.7 Å². The van der Waals surface area contributed by atoms with Crippen molar-refractivity contribution < 1.29 is 14.4 Å². The van der Waals surface area contributed by atoms with Crippen molar-refractivity contribution in [2.24, 2.45) is 5.73 Å². The lowest BCUT2D eigenvalue weighted by Gasteiger charge is -2.29. The van der Waals surface area contributed by atoms with Gasteiger partial charge in [-0.15, -0.1) is 0 Å². The summed E-state index contributed by atoms with van der Waals surface area (Å²) < 4.78 is 0. The van der Waals surface area contributed by atoms with Gasteiger partial charge in [-0.1, -0.05) is 18.2 Å². The standard InChI is InChI=1S/C17H22N4O3/c18-7-2-8-19-9-11-3-1-4-12-10-21(17(24)15(11)12)13-5-6-14(22)20-16(13)23/h1,3-4,13,19H,2,5-10,18H2,(H,20,22,23). The Morgan fingerprint density at radius 3 is 2.88 bits per heavy atom. The van der Waals surface area contributed by atoms with Crippen LogP contribution >= 0.6 is 0 Å². The molecule has 24 heavy (non-hydrogen) atoms. The number of nitrogens with one attached hydrogen (secondary N) is 2. The van der Waals surface area contributed by atoms with Gasteiger partial charge < -0.3 is 16.0 Å². The number of hydrogen-bond acceptors (Lipinski definition) is 5. The summed E-state index contributed by atoms with van der Waals surface area (Å²) in [5.41, 5.74) is 8.03. The first-order chi connectivity index (χ1) is 11.6. The Labute approximate surface area is 140 Å². The zero-order chi connectivity index (χ0) is 17.1. The molecule has 128 valence electrons. The molecule has 0 bridgehead atoms. The minimum Gasteiger partial charge on any atom is -0.330 e. The molecule has 4 N–H and O–H groups in total. The monoisotopic (exact) mass is 330 g/mol. The van der Waals surface area contributed by atoms with Gasteiger partial charge >= 0.3 is 0 Å². The lowest BCUT2D eigenvalue weighted by atomic mass is 10.0. The van der Waals surface area contributed by atoms with E-state index in [4.69, 9.17) is 5.73 Å². The molecule has 2 aliphatic heterocycles. The van der Waals surface area contributed by atoms with E-state index in [1.54, 1.807) is 4.90 Å². The summed E-state index contributed by atoms with van der Waals surface area (Å²) in [7, 11) is 0. The van der Waals surface area contributed by atoms with Gasteiger partial charge in [0.25, 0.3) is 5.91 Å². The third-order valence-corrected chi connectivity index (χ3v) is 4.51. The molecule has 1 atom stereocenters. The maximum absolute atomic E-state index is 12.8. The van der Waals surface area contributed by atoms with Crippen LogP contribution in [0.5, 0.6) is 0 Å². The molecule has 0 aromatic heterocycles. The van der Waals surface area contributed by atoms with Crippen LogP contribution in [0, 0.1) is 0 Å². The van der Waals surface area contributed by atoms with E-state index in [2.05, 4.69) is 10.6 Å². The highest BCUT2D eigenvalue weighted by atomic mass is 16.2. The van der Waals surface area contributed by atoms with E-state index in [0.29, 0.717) is 31.6 Å². The topological polar surface area (TPSA) is 105 Å². The second kappa shape index (κ2) is 7.11. The number of nitrogens with zero attached hydrogens (tertiary/aromatic N) is 1. The van der Waals surface area contributed by atoms with Crippen molar-refractivity contribution in [3.05, 3.63) is 34.9 Å². The lowest BCUT2D eigenvalue weighted by molar-refractivity contribution is -0.136. The minimum absolute atomic E-state index is 0.129. The van der Waals surface area contributed by atoms with Gasteiger partial charge in [0.1, 0.15) is 6.04 Å². The van der Waals surface area contributed by atoms with Crippen molar-refractivity contribution in [1.29, 1.82) is 0 Å². The highest BCUT2D eigenvalue weighted by Crippen LogP contribution is 2.29. The van der Waals surface area contributed by atoms with E-state index in [-0.39, 0.29) is 24.1 Å². The third kappa shape index (κ3) is 3.18. The first-order valence-electron chi connectivity index (χ1n) is 8.28. The number of amides is 3. The Morgan fingerprint density at radius 1 is 1.29 bits per heavy atom. The molecule has 3 amide bonds. The zero-order valence-electron chi connectivity index (χ0n) is 13.5. The van der Waals surface area contributed by atoms with Gasteiger partial charge in [0, 0.05) is 25.1 Å². The fourth-order valence-corrected chi connectivity index (χ4v) is 3.29. The van der Waals surface area contributed by atoms with Crippen LogP contribution in [0.25, 0.3) is 0 Å². The lowest BCUT2D eigenvalue weighted by Crippen LogP contribution is -2.52. The maximum atomic E-state index is 12.8. The Bertz CT molecular complexity index is 674. The fourth-order valence-electron chi connectivity index (χ4n) is 3.29. The van der Waals surface area contributed by atoms with Crippen molar-refractivity contribution in [2.45, 2.75) is 38.4 Å². The van der Waals surface area contributed by atoms with Crippen LogP contribution in [0.1, 0.15) is 40.7 Å². The maximum Gasteiger partial charge on any atom is 0.255 e. The number of nitrogens with two attached hydrogens (primary N) is 1. The van der Waals surface area contributed by atoms with E-state index in [9.17, 15) is 14.4 Å². The molecular weight excluding hydrogens is 308 g/mol. The van der Waals surface area contributed by atoms with Crippen molar-refractivity contribution in [3.63, 3.8) is 0 Å². The predicted molar refractivity (Wildman–Crippen MR) is 87.9 cm³/mol. The number of carbonyl (C=O) groups is 3. The summed E-state index contributed by atoms with van der Waals surface area (Å²) >= 11 is 0. The number of rotatable bonds is 6. The number of fused-ring (bicyclic) bond motifs is 1. The van der Waals surface area contributed by atoms with E-state index in [1.165, 1.54) is 0 Å². The summed E-state index contributed by atoms with van der Waals surface area (Å²) in [6, 6.07) is 5.21. The van der Waals surface area contributed by atoms with Crippen molar-refractivity contribution in [3.8, 4) is 0 Å². The smallest absolute Gasteiger partial charge is 0.255 e. The highest BCUT2D eigenvalue weighted by Gasteiger charge is 2.39. The molecule has 1 aromatic carbocycles. The number of hydrogen-bond donors (Lipinski definition) is 3. The molecular formula is C17H22N4O3. The molecule has 1 saturated heterocycles. The van der Waals surface area contributed by atoms with E-state index in [0.717, 1.165) is 24.1 Å². The first-order valence-corrected chi connectivity index (χ1v) is 8.28. The van der Waals surface area contributed by atoms with Crippen LogP contribution in [0.3, 0.4) is 0 Å². The van der Waals surface area contributed by atoms with Crippen molar-refractivity contribution in [2.75, 3.05) is 13.1 Å². The van der Waals surface area contributed by atoms with Crippen LogP contribution in [0.4, 0.5) is 0 Å². The summed E-state index contributed by atoms with van der Waals surface area (Å²) in [6.45, 7) is 2.43. The summed E-state index contributed by atoms with van der Waals surface area (Å²) in [4.78, 5) is 37.8. The second-order valence-electron chi connectivity index (χ2n) is 6.17. The summed E-state index contributed by atoms with van der Waals surface area (Å²) in [6.07, 6.45) is 1.53. The molecule has 7 nitrogen and oxygen atoms in total. The van der Waals surface area contributed by atoms with Gasteiger partial charge in [-0.05, 0) is 37.1 Å². The average Bonchev–Trinajstić information content (AvgIpc) is 2.89. The SMILES string of the molecule is NCCCNCc1cccc2c1C(=O)N(C1CCC(=O)NC1=O)C2. The summed E-state index contributed by atoms with van der Waals surface area (Å²) in [5, 5.41) is 5.61. The number of imide groups is 1. The Hall–Kier alpha value is -2.25. The number of piperidine rings is 1. The van der Waals surface area contributed by atoms with E-state index >= 15 is 0 Å². The second-order valence-corrected chi connectivity index (χ2v) is 6.17. The fraction of sp³-hybridized carbons (Fsp3) is 0.471. The largest absolute Gasteiger partial charge is 0.330 e. The molecule has 1 aromatic rings. The van der Waals surface area contributed by atoms with Gasteiger partial charge in [0.05, 0.1) is 0 Å². The normalized spacial score (nSPS) is 20.3. The van der Waals surface area contributed by atoms with Gasteiger partial charge in [0.15, 0.2) is 0 Å². The molecule has 2 aliphatic rings. The van der Waals surface area contributed by atoms with E-state index < -0.39 is 6.04 Å². The highest BCUT2D eigenvalue weighted by molar-refractivity contribution is 6.05. The Balaban J connectivity index is 1.75. The van der Waals surface area contributed by atoms with Crippen LogP contribution in [-0.4, -0.2) is 41.8 Å². The number of carbonyl (C=O) groups excluding carboxylic acids is 3. The quantitative estimate of drug-likeness (QED) is 0.498. The Kier molecular flexibility index (Phi) is 4.92.